The summed E-state index contributed by atoms with van der Waals surface area (Å²) < 4.78 is 6.93. The molecule has 1 aliphatic heterocycles. The Labute approximate surface area is 151 Å². The molecule has 1 fully saturated rings. The van der Waals surface area contributed by atoms with Gasteiger partial charge in [0, 0.05) is 12.2 Å². The van der Waals surface area contributed by atoms with Crippen molar-refractivity contribution in [1.29, 1.82) is 0 Å². The maximum atomic E-state index is 12.6. The fourth-order valence-electron chi connectivity index (χ4n) is 3.51. The summed E-state index contributed by atoms with van der Waals surface area (Å²) >= 11 is 0. The number of oxazole rings is 1. The van der Waals surface area contributed by atoms with Crippen molar-refractivity contribution in [2.75, 3.05) is 18.4 Å². The molecule has 1 saturated heterocycles. The molecule has 134 valence electrons. The lowest BCUT2D eigenvalue weighted by atomic mass is 9.97. The quantitative estimate of drug-likeness (QED) is 0.785. The maximum Gasteiger partial charge on any atom is 0.421 e. The van der Waals surface area contributed by atoms with E-state index < -0.39 is 0 Å². The van der Waals surface area contributed by atoms with Gasteiger partial charge in [0.1, 0.15) is 0 Å². The highest BCUT2D eigenvalue weighted by molar-refractivity contribution is 5.92. The number of hydrogen-bond donors (Lipinski definition) is 1. The molecule has 1 aromatic heterocycles. The smallest absolute Gasteiger partial charge is 0.408 e. The predicted molar refractivity (Wildman–Crippen MR) is 99.8 cm³/mol. The van der Waals surface area contributed by atoms with Gasteiger partial charge < -0.3 is 9.73 Å². The van der Waals surface area contributed by atoms with Crippen molar-refractivity contribution in [1.82, 2.24) is 9.47 Å². The SMILES string of the molecule is O=C(Nc1ccccc1)C1CCCN(Cn2c(=O)oc3ccccc32)C1. The van der Waals surface area contributed by atoms with Gasteiger partial charge in [-0.15, -0.1) is 0 Å². The monoisotopic (exact) mass is 351 g/mol. The number of hydrogen-bond acceptors (Lipinski definition) is 4. The van der Waals surface area contributed by atoms with Gasteiger partial charge in [0.05, 0.1) is 18.1 Å². The number of carbonyl (C=O) groups excluding carboxylic acids is 1. The average Bonchev–Trinajstić information content (AvgIpc) is 2.98. The Morgan fingerprint density at radius 1 is 1.12 bits per heavy atom. The summed E-state index contributed by atoms with van der Waals surface area (Å²) in [7, 11) is 0. The summed E-state index contributed by atoms with van der Waals surface area (Å²) in [6.07, 6.45) is 1.79. The molecule has 0 radical (unpaired) electrons. The number of rotatable bonds is 4. The molecule has 1 amide bonds. The van der Waals surface area contributed by atoms with Crippen molar-refractivity contribution >= 4 is 22.7 Å². The highest BCUT2D eigenvalue weighted by atomic mass is 16.4. The Bertz CT molecular complexity index is 961. The van der Waals surface area contributed by atoms with Crippen LogP contribution in [0.2, 0.25) is 0 Å². The van der Waals surface area contributed by atoms with Crippen LogP contribution in [0.25, 0.3) is 11.1 Å². The van der Waals surface area contributed by atoms with Crippen molar-refractivity contribution in [3.63, 3.8) is 0 Å². The van der Waals surface area contributed by atoms with Gasteiger partial charge in [-0.3, -0.25) is 14.3 Å². The molecular formula is C20H21N3O3. The fraction of sp³-hybridized carbons (Fsp3) is 0.300. The van der Waals surface area contributed by atoms with Crippen LogP contribution in [0.1, 0.15) is 12.8 Å². The van der Waals surface area contributed by atoms with Crippen LogP contribution in [-0.4, -0.2) is 28.5 Å². The van der Waals surface area contributed by atoms with Crippen LogP contribution >= 0.6 is 0 Å². The molecule has 0 bridgehead atoms. The third-order valence-electron chi connectivity index (χ3n) is 4.83. The van der Waals surface area contributed by atoms with Gasteiger partial charge in [-0.2, -0.15) is 0 Å². The van der Waals surface area contributed by atoms with Crippen molar-refractivity contribution < 1.29 is 9.21 Å². The zero-order chi connectivity index (χ0) is 17.9. The normalized spacial score (nSPS) is 18.1. The molecule has 26 heavy (non-hydrogen) atoms. The van der Waals surface area contributed by atoms with E-state index in [0.29, 0.717) is 18.8 Å². The van der Waals surface area contributed by atoms with Crippen LogP contribution < -0.4 is 11.1 Å². The lowest BCUT2D eigenvalue weighted by molar-refractivity contribution is -0.121. The molecular weight excluding hydrogens is 330 g/mol. The summed E-state index contributed by atoms with van der Waals surface area (Å²) in [6.45, 7) is 1.93. The third kappa shape index (κ3) is 3.41. The average molecular weight is 351 g/mol. The van der Waals surface area contributed by atoms with Crippen molar-refractivity contribution in [3.05, 3.63) is 65.1 Å². The summed E-state index contributed by atoms with van der Waals surface area (Å²) in [4.78, 5) is 26.9. The number of benzene rings is 2. The van der Waals surface area contributed by atoms with Crippen LogP contribution in [0.5, 0.6) is 0 Å². The van der Waals surface area contributed by atoms with Crippen molar-refractivity contribution in [2.45, 2.75) is 19.5 Å². The van der Waals surface area contributed by atoms with Gasteiger partial charge in [-0.25, -0.2) is 4.79 Å². The maximum absolute atomic E-state index is 12.6. The summed E-state index contributed by atoms with van der Waals surface area (Å²) in [6, 6.07) is 16.9. The molecule has 1 unspecified atom stereocenters. The van der Waals surface area contributed by atoms with Crippen LogP contribution in [0, 0.1) is 5.92 Å². The van der Waals surface area contributed by atoms with E-state index in [0.717, 1.165) is 30.6 Å². The number of fused-ring (bicyclic) bond motifs is 1. The molecule has 1 N–H and O–H groups in total. The molecule has 6 nitrogen and oxygen atoms in total. The first-order valence-electron chi connectivity index (χ1n) is 8.87. The highest BCUT2D eigenvalue weighted by Gasteiger charge is 2.26. The summed E-state index contributed by atoms with van der Waals surface area (Å²) in [5, 5.41) is 2.98. The number of nitrogens with one attached hydrogen (secondary N) is 1. The van der Waals surface area contributed by atoms with Gasteiger partial charge in [-0.1, -0.05) is 30.3 Å². The number of carbonyl (C=O) groups is 1. The van der Waals surface area contributed by atoms with Crippen molar-refractivity contribution in [2.24, 2.45) is 5.92 Å². The minimum atomic E-state index is -0.359. The lowest BCUT2D eigenvalue weighted by Gasteiger charge is -2.31. The van der Waals surface area contributed by atoms with Gasteiger partial charge in [-0.05, 0) is 43.7 Å². The molecule has 0 spiro atoms. The fourth-order valence-corrected chi connectivity index (χ4v) is 3.51. The van der Waals surface area contributed by atoms with E-state index in [-0.39, 0.29) is 17.6 Å². The summed E-state index contributed by atoms with van der Waals surface area (Å²) in [5.74, 6) is -0.412. The molecule has 0 saturated carbocycles. The number of nitrogens with zero attached hydrogens (tertiary/aromatic N) is 2. The van der Waals surface area contributed by atoms with Crippen LogP contribution in [-0.2, 0) is 11.5 Å². The molecule has 2 aromatic carbocycles. The highest BCUT2D eigenvalue weighted by Crippen LogP contribution is 2.20. The largest absolute Gasteiger partial charge is 0.421 e. The van der Waals surface area contributed by atoms with Crippen LogP contribution in [0.15, 0.2) is 63.8 Å². The van der Waals surface area contributed by atoms with E-state index in [1.54, 1.807) is 10.6 Å². The van der Waals surface area contributed by atoms with Gasteiger partial charge in [0.2, 0.25) is 5.91 Å². The molecule has 4 rings (SSSR count). The van der Waals surface area contributed by atoms with E-state index in [2.05, 4.69) is 10.2 Å². The standard InChI is InChI=1S/C20H21N3O3/c24-19(21-16-8-2-1-3-9-16)15-7-6-12-22(13-15)14-23-17-10-4-5-11-18(17)26-20(23)25/h1-5,8-11,15H,6-7,12-14H2,(H,21,24). The summed E-state index contributed by atoms with van der Waals surface area (Å²) in [5.41, 5.74) is 2.19. The number of piperidine rings is 1. The third-order valence-corrected chi connectivity index (χ3v) is 4.83. The topological polar surface area (TPSA) is 67.5 Å². The Morgan fingerprint density at radius 2 is 1.88 bits per heavy atom. The number of anilines is 1. The van der Waals surface area contributed by atoms with E-state index in [1.807, 2.05) is 48.5 Å². The zero-order valence-corrected chi connectivity index (χ0v) is 14.4. The number of amides is 1. The first kappa shape index (κ1) is 16.6. The Kier molecular flexibility index (Phi) is 4.58. The predicted octanol–water partition coefficient (Wildman–Crippen LogP) is 2.90. The molecule has 1 atom stereocenters. The molecule has 2 heterocycles. The molecule has 3 aromatic rings. The molecule has 0 aliphatic carbocycles. The Hall–Kier alpha value is -2.86. The molecule has 6 heteroatoms. The lowest BCUT2D eigenvalue weighted by Crippen LogP contribution is -2.42. The van der Waals surface area contributed by atoms with E-state index in [1.165, 1.54) is 0 Å². The first-order chi connectivity index (χ1) is 12.7. The second kappa shape index (κ2) is 7.17. The number of aromatic nitrogens is 1. The number of para-hydroxylation sites is 3. The minimum Gasteiger partial charge on any atom is -0.408 e. The van der Waals surface area contributed by atoms with Crippen LogP contribution in [0.3, 0.4) is 0 Å². The van der Waals surface area contributed by atoms with Gasteiger partial charge in [0.15, 0.2) is 5.58 Å². The Balaban J connectivity index is 1.46. The first-order valence-corrected chi connectivity index (χ1v) is 8.87. The van der Waals surface area contributed by atoms with Gasteiger partial charge in [0.25, 0.3) is 0 Å². The van der Waals surface area contributed by atoms with E-state index >= 15 is 0 Å². The number of likely N-dealkylation sites (tertiary alicyclic amines) is 1. The second-order valence-electron chi connectivity index (χ2n) is 6.68. The van der Waals surface area contributed by atoms with Crippen LogP contribution in [0.4, 0.5) is 5.69 Å². The molecule has 1 aliphatic rings. The second-order valence-corrected chi connectivity index (χ2v) is 6.68. The van der Waals surface area contributed by atoms with E-state index in [9.17, 15) is 9.59 Å². The zero-order valence-electron chi connectivity index (χ0n) is 14.4. The van der Waals surface area contributed by atoms with Gasteiger partial charge >= 0.3 is 5.76 Å². The Morgan fingerprint density at radius 3 is 2.73 bits per heavy atom. The minimum absolute atomic E-state index is 0.0327. The van der Waals surface area contributed by atoms with Crippen molar-refractivity contribution in [3.8, 4) is 0 Å². The van der Waals surface area contributed by atoms with E-state index in [4.69, 9.17) is 4.42 Å².